The molecule has 2 saturated heterocycles. The molecule has 0 aliphatic carbocycles. The molecule has 0 aromatic heterocycles. The number of carbonyl (C=O) groups is 2. The summed E-state index contributed by atoms with van der Waals surface area (Å²) in [6, 6.07) is 19.1. The van der Waals surface area contributed by atoms with Crippen molar-refractivity contribution in [3.05, 3.63) is 66.2 Å². The largest absolute Gasteiger partial charge is 0.493 e. The minimum atomic E-state index is -0.390. The molecule has 0 bridgehead atoms. The van der Waals surface area contributed by atoms with E-state index in [0.29, 0.717) is 31.7 Å². The Bertz CT molecular complexity index is 897. The first-order valence-electron chi connectivity index (χ1n) is 11.5. The van der Waals surface area contributed by atoms with E-state index in [1.54, 1.807) is 0 Å². The molecule has 0 unspecified atom stereocenters. The summed E-state index contributed by atoms with van der Waals surface area (Å²) in [4.78, 5) is 32.6. The van der Waals surface area contributed by atoms with Crippen LogP contribution in [0.3, 0.4) is 0 Å². The molecule has 2 aromatic rings. The molecule has 4 rings (SSSR count). The van der Waals surface area contributed by atoms with Crippen LogP contribution in [0.25, 0.3) is 0 Å². The van der Waals surface area contributed by atoms with E-state index in [9.17, 15) is 9.59 Å². The second-order valence-electron chi connectivity index (χ2n) is 9.16. The molecule has 6 nitrogen and oxygen atoms in total. The van der Waals surface area contributed by atoms with E-state index in [1.807, 2.05) is 70.5 Å². The number of piperazine rings is 1. The number of likely N-dealkylation sites (tertiary alicyclic amines) is 1. The summed E-state index contributed by atoms with van der Waals surface area (Å²) in [6.07, 6.45) is 2.15. The van der Waals surface area contributed by atoms with E-state index in [-0.39, 0.29) is 17.2 Å². The van der Waals surface area contributed by atoms with Gasteiger partial charge in [0.1, 0.15) is 5.75 Å². The number of para-hydroxylation sites is 1. The van der Waals surface area contributed by atoms with Crippen LogP contribution in [-0.2, 0) is 4.79 Å². The fourth-order valence-corrected chi connectivity index (χ4v) is 4.70. The molecule has 32 heavy (non-hydrogen) atoms. The summed E-state index contributed by atoms with van der Waals surface area (Å²) in [7, 11) is 2.09. The minimum absolute atomic E-state index is 0.0291. The molecule has 0 spiro atoms. The van der Waals surface area contributed by atoms with Crippen molar-refractivity contribution in [2.24, 2.45) is 5.41 Å². The van der Waals surface area contributed by atoms with Gasteiger partial charge in [-0.2, -0.15) is 0 Å². The van der Waals surface area contributed by atoms with Gasteiger partial charge in [-0.25, -0.2) is 0 Å². The van der Waals surface area contributed by atoms with Gasteiger partial charge in [-0.1, -0.05) is 36.4 Å². The van der Waals surface area contributed by atoms with Gasteiger partial charge in [0, 0.05) is 56.7 Å². The third kappa shape index (κ3) is 5.49. The van der Waals surface area contributed by atoms with Crippen LogP contribution >= 0.6 is 0 Å². The van der Waals surface area contributed by atoms with Crippen molar-refractivity contribution >= 4 is 11.8 Å². The van der Waals surface area contributed by atoms with E-state index >= 15 is 0 Å². The summed E-state index contributed by atoms with van der Waals surface area (Å²) in [5.74, 6) is 0.996. The number of likely N-dealkylation sites (N-methyl/N-ethyl adjacent to an activating group) is 1. The zero-order valence-electron chi connectivity index (χ0n) is 18.9. The molecule has 0 N–H and O–H groups in total. The molecule has 0 saturated carbocycles. The van der Waals surface area contributed by atoms with E-state index in [0.717, 1.165) is 44.8 Å². The Morgan fingerprint density at radius 2 is 1.53 bits per heavy atom. The van der Waals surface area contributed by atoms with E-state index in [1.165, 1.54) is 0 Å². The summed E-state index contributed by atoms with van der Waals surface area (Å²) in [5.41, 5.74) is 0.302. The Balaban J connectivity index is 1.51. The van der Waals surface area contributed by atoms with Gasteiger partial charge in [-0.3, -0.25) is 9.59 Å². The molecule has 1 atom stereocenters. The first-order valence-corrected chi connectivity index (χ1v) is 11.5. The predicted octanol–water partition coefficient (Wildman–Crippen LogP) is 3.15. The van der Waals surface area contributed by atoms with Crippen LogP contribution in [0.4, 0.5) is 0 Å². The molecule has 0 radical (unpaired) electrons. The molecule has 2 aliphatic heterocycles. The maximum absolute atomic E-state index is 13.3. The van der Waals surface area contributed by atoms with Crippen LogP contribution in [0.15, 0.2) is 60.7 Å². The zero-order valence-corrected chi connectivity index (χ0v) is 18.9. The normalized spacial score (nSPS) is 21.9. The summed E-state index contributed by atoms with van der Waals surface area (Å²) < 4.78 is 6.17. The van der Waals surface area contributed by atoms with Crippen molar-refractivity contribution in [1.82, 2.24) is 14.7 Å². The third-order valence-corrected chi connectivity index (χ3v) is 6.64. The van der Waals surface area contributed by atoms with Crippen LogP contribution in [0.1, 0.15) is 29.6 Å². The third-order valence-electron chi connectivity index (χ3n) is 6.64. The highest BCUT2D eigenvalue weighted by molar-refractivity contribution is 5.94. The maximum atomic E-state index is 13.3. The summed E-state index contributed by atoms with van der Waals surface area (Å²) >= 11 is 0. The molecular weight excluding hydrogens is 402 g/mol. The first-order chi connectivity index (χ1) is 15.5. The lowest BCUT2D eigenvalue weighted by molar-refractivity contribution is -0.137. The Labute approximate surface area is 190 Å². The van der Waals surface area contributed by atoms with Gasteiger partial charge >= 0.3 is 0 Å². The molecule has 2 aliphatic rings. The number of benzene rings is 2. The van der Waals surface area contributed by atoms with E-state index in [4.69, 9.17) is 4.74 Å². The van der Waals surface area contributed by atoms with Gasteiger partial charge in [-0.15, -0.1) is 0 Å². The fourth-order valence-electron chi connectivity index (χ4n) is 4.70. The molecule has 2 fully saturated rings. The number of nitrogens with zero attached hydrogens (tertiary/aromatic N) is 3. The Morgan fingerprint density at radius 1 is 0.875 bits per heavy atom. The van der Waals surface area contributed by atoms with E-state index < -0.39 is 0 Å². The number of carbonyl (C=O) groups excluding carboxylic acids is 2. The number of piperidine rings is 1. The van der Waals surface area contributed by atoms with Gasteiger partial charge in [0.25, 0.3) is 5.91 Å². The topological polar surface area (TPSA) is 53.1 Å². The van der Waals surface area contributed by atoms with Crippen molar-refractivity contribution in [3.8, 4) is 5.75 Å². The number of hydrogen-bond acceptors (Lipinski definition) is 4. The van der Waals surface area contributed by atoms with Crippen LogP contribution in [0.5, 0.6) is 5.75 Å². The number of amides is 2. The van der Waals surface area contributed by atoms with Gasteiger partial charge in [0.05, 0.1) is 6.61 Å². The lowest BCUT2D eigenvalue weighted by Gasteiger charge is -2.43. The smallest absolute Gasteiger partial charge is 0.253 e. The Morgan fingerprint density at radius 3 is 2.22 bits per heavy atom. The van der Waals surface area contributed by atoms with Crippen molar-refractivity contribution in [2.45, 2.75) is 19.3 Å². The summed E-state index contributed by atoms with van der Waals surface area (Å²) in [6.45, 7) is 5.00. The lowest BCUT2D eigenvalue weighted by Crippen LogP contribution is -2.53. The average molecular weight is 436 g/mol. The quantitative estimate of drug-likeness (QED) is 0.700. The second-order valence-corrected chi connectivity index (χ2v) is 9.16. The zero-order chi connectivity index (χ0) is 22.4. The van der Waals surface area contributed by atoms with Crippen molar-refractivity contribution in [3.63, 3.8) is 0 Å². The van der Waals surface area contributed by atoms with Crippen molar-refractivity contribution in [2.75, 3.05) is 52.9 Å². The molecule has 2 heterocycles. The molecule has 6 heteroatoms. The Hall–Kier alpha value is -2.86. The lowest BCUT2D eigenvalue weighted by atomic mass is 9.77. The molecule has 170 valence electrons. The maximum Gasteiger partial charge on any atom is 0.253 e. The van der Waals surface area contributed by atoms with Crippen LogP contribution in [0.2, 0.25) is 0 Å². The highest BCUT2D eigenvalue weighted by Crippen LogP contribution is 2.36. The minimum Gasteiger partial charge on any atom is -0.493 e. The monoisotopic (exact) mass is 435 g/mol. The van der Waals surface area contributed by atoms with E-state index in [2.05, 4.69) is 11.9 Å². The SMILES string of the molecule is CN1CCN(C(=O)C[C@]2(COc3ccccc3)CCCN(C(=O)c3ccccc3)C2)CC1. The molecule has 2 amide bonds. The fraction of sp³-hybridized carbons (Fsp3) is 0.462. The number of hydrogen-bond donors (Lipinski definition) is 0. The van der Waals surface area contributed by atoms with Crippen LogP contribution in [-0.4, -0.2) is 79.4 Å². The van der Waals surface area contributed by atoms with Gasteiger partial charge in [-0.05, 0) is 44.2 Å². The number of ether oxygens (including phenoxy) is 1. The standard InChI is InChI=1S/C26H33N3O3/c1-27-15-17-28(18-16-27)24(30)19-26(21-32-23-11-6-3-7-12-23)13-8-14-29(20-26)25(31)22-9-4-2-5-10-22/h2-7,9-12H,8,13-21H2,1H3/t26-/m1/s1. The Kier molecular flexibility index (Phi) is 7.10. The highest BCUT2D eigenvalue weighted by atomic mass is 16.5. The first kappa shape index (κ1) is 22.3. The number of rotatable bonds is 6. The van der Waals surface area contributed by atoms with Gasteiger partial charge < -0.3 is 19.4 Å². The van der Waals surface area contributed by atoms with Crippen LogP contribution in [0, 0.1) is 5.41 Å². The van der Waals surface area contributed by atoms with Gasteiger partial charge in [0.2, 0.25) is 5.91 Å². The predicted molar refractivity (Wildman–Crippen MR) is 125 cm³/mol. The highest BCUT2D eigenvalue weighted by Gasteiger charge is 2.41. The van der Waals surface area contributed by atoms with Crippen molar-refractivity contribution < 1.29 is 14.3 Å². The average Bonchev–Trinajstić information content (AvgIpc) is 2.84. The van der Waals surface area contributed by atoms with Crippen molar-refractivity contribution in [1.29, 1.82) is 0 Å². The van der Waals surface area contributed by atoms with Crippen LogP contribution < -0.4 is 4.74 Å². The summed E-state index contributed by atoms with van der Waals surface area (Å²) in [5, 5.41) is 0. The molecular formula is C26H33N3O3. The van der Waals surface area contributed by atoms with Gasteiger partial charge in [0.15, 0.2) is 0 Å². The molecule has 2 aromatic carbocycles. The second kappa shape index (κ2) is 10.2.